The number of hydrogen-bond donors (Lipinski definition) is 2. The van der Waals surface area contributed by atoms with Crippen molar-refractivity contribution in [3.05, 3.63) is 64.7 Å². The molecular formula is C21H28ClIN4O2. The van der Waals surface area contributed by atoms with Crippen LogP contribution < -0.4 is 15.4 Å². The van der Waals surface area contributed by atoms with E-state index in [1.54, 1.807) is 31.4 Å². The van der Waals surface area contributed by atoms with Crippen molar-refractivity contribution in [1.29, 1.82) is 0 Å². The highest BCUT2D eigenvalue weighted by atomic mass is 127. The fourth-order valence-electron chi connectivity index (χ4n) is 2.62. The lowest BCUT2D eigenvalue weighted by Gasteiger charge is -2.22. The van der Waals surface area contributed by atoms with Gasteiger partial charge in [-0.3, -0.25) is 9.79 Å². The van der Waals surface area contributed by atoms with Crippen molar-refractivity contribution in [2.24, 2.45) is 4.99 Å². The van der Waals surface area contributed by atoms with Crippen molar-refractivity contribution in [3.8, 4) is 5.75 Å². The quantitative estimate of drug-likeness (QED) is 0.236. The minimum absolute atomic E-state index is 0. The van der Waals surface area contributed by atoms with Crippen LogP contribution in [-0.2, 0) is 6.54 Å². The van der Waals surface area contributed by atoms with E-state index in [0.717, 1.165) is 23.8 Å². The Morgan fingerprint density at radius 2 is 1.83 bits per heavy atom. The average Bonchev–Trinajstić information content (AvgIpc) is 2.71. The van der Waals surface area contributed by atoms with Gasteiger partial charge in [0.2, 0.25) is 0 Å². The Kier molecular flexibility index (Phi) is 11.5. The lowest BCUT2D eigenvalue weighted by Crippen LogP contribution is -2.39. The number of aliphatic imine (C=N–C) groups is 1. The highest BCUT2D eigenvalue weighted by molar-refractivity contribution is 14.0. The standard InChI is InChI=1S/C21H27ClN4O2.HI/c1-4-23-21(26(2)15-16-9-11-17(28-3)12-10-16)25-14-13-24-20(27)18-7-5-6-8-19(18)22;/h5-12H,4,13-15H2,1-3H3,(H,23,25)(H,24,27);1H. The van der Waals surface area contributed by atoms with Gasteiger partial charge in [0.1, 0.15) is 5.75 Å². The fraction of sp³-hybridized carbons (Fsp3) is 0.333. The zero-order valence-electron chi connectivity index (χ0n) is 16.9. The molecule has 0 bridgehead atoms. The first kappa shape index (κ1) is 25.0. The van der Waals surface area contributed by atoms with Gasteiger partial charge in [-0.1, -0.05) is 35.9 Å². The molecule has 0 atom stereocenters. The van der Waals surface area contributed by atoms with E-state index in [-0.39, 0.29) is 29.9 Å². The van der Waals surface area contributed by atoms with E-state index >= 15 is 0 Å². The number of nitrogens with zero attached hydrogens (tertiary/aromatic N) is 2. The van der Waals surface area contributed by atoms with Crippen LogP contribution in [0, 0.1) is 0 Å². The van der Waals surface area contributed by atoms with Crippen molar-refractivity contribution < 1.29 is 9.53 Å². The zero-order valence-corrected chi connectivity index (χ0v) is 20.0. The van der Waals surface area contributed by atoms with E-state index in [2.05, 4.69) is 15.6 Å². The normalized spacial score (nSPS) is 10.7. The van der Waals surface area contributed by atoms with Crippen molar-refractivity contribution in [2.45, 2.75) is 13.5 Å². The summed E-state index contributed by atoms with van der Waals surface area (Å²) in [7, 11) is 3.63. The summed E-state index contributed by atoms with van der Waals surface area (Å²) in [4.78, 5) is 18.8. The first-order valence-electron chi connectivity index (χ1n) is 9.20. The van der Waals surface area contributed by atoms with Gasteiger partial charge in [-0.25, -0.2) is 0 Å². The summed E-state index contributed by atoms with van der Waals surface area (Å²) in [5.41, 5.74) is 1.62. The van der Waals surface area contributed by atoms with Crippen LogP contribution in [0.5, 0.6) is 5.75 Å². The molecule has 0 aliphatic rings. The van der Waals surface area contributed by atoms with E-state index in [1.807, 2.05) is 43.1 Å². The van der Waals surface area contributed by atoms with Gasteiger partial charge in [0.25, 0.3) is 5.91 Å². The van der Waals surface area contributed by atoms with E-state index in [4.69, 9.17) is 16.3 Å². The molecular weight excluding hydrogens is 503 g/mol. The molecule has 0 unspecified atom stereocenters. The van der Waals surface area contributed by atoms with E-state index in [1.165, 1.54) is 0 Å². The van der Waals surface area contributed by atoms with Gasteiger partial charge >= 0.3 is 0 Å². The van der Waals surface area contributed by atoms with Crippen LogP contribution >= 0.6 is 35.6 Å². The number of halogens is 2. The number of nitrogens with one attached hydrogen (secondary N) is 2. The molecule has 6 nitrogen and oxygen atoms in total. The molecule has 1 amide bonds. The minimum atomic E-state index is -0.197. The molecule has 8 heteroatoms. The summed E-state index contributed by atoms with van der Waals surface area (Å²) >= 11 is 6.05. The maximum atomic E-state index is 12.2. The molecule has 0 fully saturated rings. The molecule has 0 saturated carbocycles. The lowest BCUT2D eigenvalue weighted by molar-refractivity contribution is 0.0955. The number of amides is 1. The van der Waals surface area contributed by atoms with Gasteiger partial charge in [-0.2, -0.15) is 0 Å². The number of benzene rings is 2. The number of carbonyl (C=O) groups is 1. The predicted molar refractivity (Wildman–Crippen MR) is 130 cm³/mol. The smallest absolute Gasteiger partial charge is 0.252 e. The molecule has 2 rings (SSSR count). The van der Waals surface area contributed by atoms with Crippen LogP contribution in [0.2, 0.25) is 5.02 Å². The Morgan fingerprint density at radius 3 is 2.45 bits per heavy atom. The first-order chi connectivity index (χ1) is 13.5. The summed E-state index contributed by atoms with van der Waals surface area (Å²) in [6.45, 7) is 4.39. The molecule has 29 heavy (non-hydrogen) atoms. The Morgan fingerprint density at radius 1 is 1.14 bits per heavy atom. The van der Waals surface area contributed by atoms with Crippen LogP contribution in [0.15, 0.2) is 53.5 Å². The second kappa shape index (κ2) is 13.3. The summed E-state index contributed by atoms with van der Waals surface area (Å²) in [5, 5.41) is 6.56. The molecule has 0 aliphatic carbocycles. The van der Waals surface area contributed by atoms with Gasteiger partial charge in [0.15, 0.2) is 5.96 Å². The van der Waals surface area contributed by atoms with Gasteiger partial charge < -0.3 is 20.3 Å². The van der Waals surface area contributed by atoms with E-state index in [9.17, 15) is 4.79 Å². The van der Waals surface area contributed by atoms with Crippen LogP contribution in [-0.4, -0.2) is 50.6 Å². The molecule has 0 radical (unpaired) electrons. The van der Waals surface area contributed by atoms with E-state index in [0.29, 0.717) is 30.2 Å². The van der Waals surface area contributed by atoms with Crippen LogP contribution in [0.25, 0.3) is 0 Å². The number of guanidine groups is 1. The van der Waals surface area contributed by atoms with Crippen molar-refractivity contribution >= 4 is 47.4 Å². The molecule has 158 valence electrons. The van der Waals surface area contributed by atoms with Crippen LogP contribution in [0.3, 0.4) is 0 Å². The van der Waals surface area contributed by atoms with Crippen molar-refractivity contribution in [2.75, 3.05) is 33.8 Å². The monoisotopic (exact) mass is 530 g/mol. The lowest BCUT2D eigenvalue weighted by atomic mass is 10.2. The van der Waals surface area contributed by atoms with Crippen molar-refractivity contribution in [1.82, 2.24) is 15.5 Å². The third-order valence-electron chi connectivity index (χ3n) is 4.05. The molecule has 0 aliphatic heterocycles. The number of rotatable bonds is 8. The maximum absolute atomic E-state index is 12.2. The second-order valence-corrected chi connectivity index (χ2v) is 6.58. The Labute approximate surface area is 194 Å². The van der Waals surface area contributed by atoms with E-state index < -0.39 is 0 Å². The predicted octanol–water partition coefficient (Wildman–Crippen LogP) is 3.79. The molecule has 0 heterocycles. The van der Waals surface area contributed by atoms with Gasteiger partial charge in [-0.15, -0.1) is 24.0 Å². The summed E-state index contributed by atoms with van der Waals surface area (Å²) in [6.07, 6.45) is 0. The van der Waals surface area contributed by atoms with Crippen LogP contribution in [0.4, 0.5) is 0 Å². The minimum Gasteiger partial charge on any atom is -0.497 e. The average molecular weight is 531 g/mol. The third kappa shape index (κ3) is 8.10. The highest BCUT2D eigenvalue weighted by Gasteiger charge is 2.09. The fourth-order valence-corrected chi connectivity index (χ4v) is 2.84. The third-order valence-corrected chi connectivity index (χ3v) is 4.38. The highest BCUT2D eigenvalue weighted by Crippen LogP contribution is 2.14. The molecule has 0 spiro atoms. The van der Waals surface area contributed by atoms with Crippen molar-refractivity contribution in [3.63, 3.8) is 0 Å². The molecule has 2 aromatic rings. The van der Waals surface area contributed by atoms with Gasteiger partial charge in [-0.05, 0) is 36.8 Å². The number of methoxy groups -OCH3 is 1. The van der Waals surface area contributed by atoms with Gasteiger partial charge in [0.05, 0.1) is 24.2 Å². The van der Waals surface area contributed by atoms with Crippen LogP contribution in [0.1, 0.15) is 22.8 Å². The second-order valence-electron chi connectivity index (χ2n) is 6.18. The molecule has 2 N–H and O–H groups in total. The summed E-state index contributed by atoms with van der Waals surface area (Å²) in [6, 6.07) is 14.9. The zero-order chi connectivity index (χ0) is 20.4. The number of carbonyl (C=O) groups excluding carboxylic acids is 1. The Bertz CT molecular complexity index is 800. The van der Waals surface area contributed by atoms with Gasteiger partial charge in [0, 0.05) is 26.7 Å². The summed E-state index contributed by atoms with van der Waals surface area (Å²) < 4.78 is 5.19. The maximum Gasteiger partial charge on any atom is 0.252 e. The largest absolute Gasteiger partial charge is 0.497 e. The molecule has 0 aromatic heterocycles. The number of ether oxygens (including phenoxy) is 1. The Hall–Kier alpha value is -2.00. The SMILES string of the molecule is CCNC(=NCCNC(=O)c1ccccc1Cl)N(C)Cc1ccc(OC)cc1.I. The molecule has 2 aromatic carbocycles. The summed E-state index contributed by atoms with van der Waals surface area (Å²) in [5.74, 6) is 1.42. The Balaban J connectivity index is 0.00000420. The number of hydrogen-bond acceptors (Lipinski definition) is 3. The molecule has 0 saturated heterocycles. The first-order valence-corrected chi connectivity index (χ1v) is 9.58. The topological polar surface area (TPSA) is 66.0 Å².